The van der Waals surface area contributed by atoms with E-state index in [0.717, 1.165) is 25.9 Å². The van der Waals surface area contributed by atoms with Crippen LogP contribution in [0.15, 0.2) is 0 Å². The van der Waals surface area contributed by atoms with Crippen LogP contribution in [0, 0.1) is 5.41 Å². The summed E-state index contributed by atoms with van der Waals surface area (Å²) in [6, 6.07) is 0.638. The zero-order valence-electron chi connectivity index (χ0n) is 12.7. The van der Waals surface area contributed by atoms with Crippen molar-refractivity contribution in [1.29, 1.82) is 0 Å². The third-order valence-corrected chi connectivity index (χ3v) is 5.14. The molecule has 0 amide bonds. The van der Waals surface area contributed by atoms with Gasteiger partial charge in [-0.15, -0.1) is 0 Å². The molecule has 1 aliphatic heterocycles. The van der Waals surface area contributed by atoms with E-state index < -0.39 is 0 Å². The first-order valence-corrected chi connectivity index (χ1v) is 8.00. The Morgan fingerprint density at radius 2 is 1.89 bits per heavy atom. The van der Waals surface area contributed by atoms with Gasteiger partial charge in [-0.05, 0) is 46.3 Å². The van der Waals surface area contributed by atoms with Gasteiger partial charge in [0.25, 0.3) is 0 Å². The molecule has 2 fully saturated rings. The highest BCUT2D eigenvalue weighted by Gasteiger charge is 2.34. The second-order valence-corrected chi connectivity index (χ2v) is 6.87. The van der Waals surface area contributed by atoms with E-state index in [1.54, 1.807) is 0 Å². The number of nitrogens with zero attached hydrogens (tertiary/aromatic N) is 2. The fourth-order valence-corrected chi connectivity index (χ4v) is 3.87. The van der Waals surface area contributed by atoms with Crippen LogP contribution in [0.4, 0.5) is 0 Å². The smallest absolute Gasteiger partial charge is 0.127 e. The summed E-state index contributed by atoms with van der Waals surface area (Å²) in [5, 5.41) is 0. The number of rotatable bonds is 4. The molecule has 0 bridgehead atoms. The zero-order chi connectivity index (χ0) is 13.7. The number of likely N-dealkylation sites (tertiary alicyclic amines) is 1. The molecular formula is C16H30N2O. The Morgan fingerprint density at radius 3 is 2.47 bits per heavy atom. The minimum Gasteiger partial charge on any atom is -0.305 e. The Kier molecular flexibility index (Phi) is 5.40. The van der Waals surface area contributed by atoms with E-state index in [4.69, 9.17) is 0 Å². The van der Waals surface area contributed by atoms with Gasteiger partial charge < -0.3 is 14.6 Å². The number of carbonyl (C=O) groups is 1. The van der Waals surface area contributed by atoms with E-state index in [2.05, 4.69) is 23.9 Å². The molecule has 1 saturated carbocycles. The van der Waals surface area contributed by atoms with Crippen molar-refractivity contribution in [3.63, 3.8) is 0 Å². The average Bonchev–Trinajstić information content (AvgIpc) is 2.65. The van der Waals surface area contributed by atoms with Crippen LogP contribution in [-0.2, 0) is 4.79 Å². The Hall–Kier alpha value is -0.410. The second-order valence-electron chi connectivity index (χ2n) is 6.87. The van der Waals surface area contributed by atoms with Crippen LogP contribution in [0.2, 0.25) is 0 Å². The van der Waals surface area contributed by atoms with E-state index >= 15 is 0 Å². The molecule has 110 valence electrons. The van der Waals surface area contributed by atoms with Gasteiger partial charge in [0.15, 0.2) is 0 Å². The molecule has 1 heterocycles. The summed E-state index contributed by atoms with van der Waals surface area (Å²) in [5.41, 5.74) is -0.0543. The van der Waals surface area contributed by atoms with Crippen molar-refractivity contribution < 1.29 is 4.79 Å². The third-order valence-electron chi connectivity index (χ3n) is 5.14. The molecule has 0 aromatic heterocycles. The lowest BCUT2D eigenvalue weighted by molar-refractivity contribution is -0.118. The van der Waals surface area contributed by atoms with Crippen molar-refractivity contribution in [1.82, 2.24) is 9.80 Å². The second kappa shape index (κ2) is 6.85. The van der Waals surface area contributed by atoms with Crippen molar-refractivity contribution in [3.8, 4) is 0 Å². The molecule has 1 aliphatic carbocycles. The maximum atomic E-state index is 11.7. The molecule has 1 saturated heterocycles. The number of likely N-dealkylation sites (N-methyl/N-ethyl adjacent to an activating group) is 2. The molecule has 0 spiro atoms. The summed E-state index contributed by atoms with van der Waals surface area (Å²) >= 11 is 0. The largest absolute Gasteiger partial charge is 0.305 e. The first-order chi connectivity index (χ1) is 9.15. The molecule has 0 aromatic rings. The molecule has 1 unspecified atom stereocenters. The van der Waals surface area contributed by atoms with Gasteiger partial charge in [-0.1, -0.05) is 25.7 Å². The SMILES string of the molecule is CN1CCCC(N(C)CC2(C=O)CCCCCC2)C1. The molecular weight excluding hydrogens is 236 g/mol. The lowest BCUT2D eigenvalue weighted by Gasteiger charge is -2.40. The summed E-state index contributed by atoms with van der Waals surface area (Å²) in [7, 11) is 4.43. The molecule has 3 nitrogen and oxygen atoms in total. The van der Waals surface area contributed by atoms with Gasteiger partial charge in [-0.2, -0.15) is 0 Å². The van der Waals surface area contributed by atoms with Gasteiger partial charge in [0, 0.05) is 24.5 Å². The monoisotopic (exact) mass is 266 g/mol. The summed E-state index contributed by atoms with van der Waals surface area (Å²) in [6.07, 6.45) is 11.1. The zero-order valence-corrected chi connectivity index (χ0v) is 12.7. The molecule has 19 heavy (non-hydrogen) atoms. The average molecular weight is 266 g/mol. The van der Waals surface area contributed by atoms with Crippen molar-refractivity contribution in [2.45, 2.75) is 57.4 Å². The Morgan fingerprint density at radius 1 is 1.21 bits per heavy atom. The van der Waals surface area contributed by atoms with Crippen LogP contribution in [0.25, 0.3) is 0 Å². The molecule has 0 radical (unpaired) electrons. The van der Waals surface area contributed by atoms with E-state index in [9.17, 15) is 4.79 Å². The van der Waals surface area contributed by atoms with Gasteiger partial charge in [0.2, 0.25) is 0 Å². The third kappa shape index (κ3) is 4.03. The van der Waals surface area contributed by atoms with Crippen molar-refractivity contribution in [2.24, 2.45) is 5.41 Å². The van der Waals surface area contributed by atoms with E-state index in [0.29, 0.717) is 6.04 Å². The van der Waals surface area contributed by atoms with E-state index in [1.165, 1.54) is 51.4 Å². The highest BCUT2D eigenvalue weighted by Crippen LogP contribution is 2.34. The van der Waals surface area contributed by atoms with Gasteiger partial charge in [-0.25, -0.2) is 0 Å². The predicted molar refractivity (Wildman–Crippen MR) is 79.3 cm³/mol. The van der Waals surface area contributed by atoms with Crippen molar-refractivity contribution in [2.75, 3.05) is 33.7 Å². The van der Waals surface area contributed by atoms with Crippen LogP contribution in [0.5, 0.6) is 0 Å². The Bertz CT molecular complexity index is 284. The minimum absolute atomic E-state index is 0.0543. The molecule has 0 N–H and O–H groups in total. The summed E-state index contributed by atoms with van der Waals surface area (Å²) < 4.78 is 0. The maximum Gasteiger partial charge on any atom is 0.127 e. The highest BCUT2D eigenvalue weighted by atomic mass is 16.1. The molecule has 0 aromatic carbocycles. The fraction of sp³-hybridized carbons (Fsp3) is 0.938. The lowest BCUT2D eigenvalue weighted by atomic mass is 9.81. The van der Waals surface area contributed by atoms with Gasteiger partial charge in [0.1, 0.15) is 6.29 Å². The van der Waals surface area contributed by atoms with Crippen molar-refractivity contribution in [3.05, 3.63) is 0 Å². The highest BCUT2D eigenvalue weighted by molar-refractivity contribution is 5.59. The quantitative estimate of drug-likeness (QED) is 0.577. The van der Waals surface area contributed by atoms with Crippen LogP contribution in [0.3, 0.4) is 0 Å². The summed E-state index contributed by atoms with van der Waals surface area (Å²) in [4.78, 5) is 16.6. The van der Waals surface area contributed by atoms with Crippen LogP contribution < -0.4 is 0 Å². The number of carbonyl (C=O) groups excluding carboxylic acids is 1. The van der Waals surface area contributed by atoms with Crippen LogP contribution in [-0.4, -0.2) is 55.9 Å². The number of piperidine rings is 1. The Labute approximate surface area is 118 Å². The van der Waals surface area contributed by atoms with E-state index in [-0.39, 0.29) is 5.41 Å². The molecule has 2 aliphatic rings. The van der Waals surface area contributed by atoms with Crippen LogP contribution >= 0.6 is 0 Å². The van der Waals surface area contributed by atoms with Gasteiger partial charge in [0.05, 0.1) is 0 Å². The number of hydrogen-bond acceptors (Lipinski definition) is 3. The van der Waals surface area contributed by atoms with Crippen LogP contribution in [0.1, 0.15) is 51.4 Å². The maximum absolute atomic E-state index is 11.7. The summed E-state index contributed by atoms with van der Waals surface area (Å²) in [5.74, 6) is 0. The first kappa shape index (κ1) is 15.0. The van der Waals surface area contributed by atoms with E-state index in [1.807, 2.05) is 0 Å². The first-order valence-electron chi connectivity index (χ1n) is 8.00. The number of aldehydes is 1. The minimum atomic E-state index is -0.0543. The standard InChI is InChI=1S/C16H30N2O/c1-17-11-7-8-15(12-17)18(2)13-16(14-19)9-5-3-4-6-10-16/h14-15H,3-13H2,1-2H3. The predicted octanol–water partition coefficient (Wildman–Crippen LogP) is 2.55. The normalized spacial score (nSPS) is 29.1. The lowest BCUT2D eigenvalue weighted by Crippen LogP contribution is -2.49. The fourth-order valence-electron chi connectivity index (χ4n) is 3.87. The van der Waals surface area contributed by atoms with Gasteiger partial charge >= 0.3 is 0 Å². The Balaban J connectivity index is 1.94. The van der Waals surface area contributed by atoms with Crippen molar-refractivity contribution >= 4 is 6.29 Å². The summed E-state index contributed by atoms with van der Waals surface area (Å²) in [6.45, 7) is 3.35. The van der Waals surface area contributed by atoms with Gasteiger partial charge in [-0.3, -0.25) is 0 Å². The molecule has 3 heteroatoms. The molecule has 2 rings (SSSR count). The number of hydrogen-bond donors (Lipinski definition) is 0. The topological polar surface area (TPSA) is 23.6 Å². The molecule has 1 atom stereocenters.